The van der Waals surface area contributed by atoms with Gasteiger partial charge in [0.1, 0.15) is 0 Å². The standard InChI is InChI=1S/C14H18N2O2S2/c1-11(2)10-20(17,18)16-8-12-3-5-15-14(7-12)13-4-6-19-9-13/h3-7,9,11,16H,8,10H2,1-2H3. The monoisotopic (exact) mass is 310 g/mol. The van der Waals surface area contributed by atoms with Gasteiger partial charge in [0.2, 0.25) is 10.0 Å². The lowest BCUT2D eigenvalue weighted by Gasteiger charge is -2.09. The van der Waals surface area contributed by atoms with Gasteiger partial charge in [0.15, 0.2) is 0 Å². The van der Waals surface area contributed by atoms with E-state index in [4.69, 9.17) is 0 Å². The second-order valence-corrected chi connectivity index (χ2v) is 7.69. The molecule has 108 valence electrons. The molecule has 0 fully saturated rings. The molecular formula is C14H18N2O2S2. The Bertz CT molecular complexity index is 650. The molecule has 2 aromatic heterocycles. The molecule has 0 aliphatic carbocycles. The fourth-order valence-corrected chi connectivity index (χ4v) is 3.88. The summed E-state index contributed by atoms with van der Waals surface area (Å²) in [6, 6.07) is 5.74. The number of nitrogens with one attached hydrogen (secondary N) is 1. The lowest BCUT2D eigenvalue weighted by Crippen LogP contribution is -2.28. The first-order valence-electron chi connectivity index (χ1n) is 6.41. The maximum Gasteiger partial charge on any atom is 0.212 e. The van der Waals surface area contributed by atoms with E-state index >= 15 is 0 Å². The molecule has 1 N–H and O–H groups in total. The summed E-state index contributed by atoms with van der Waals surface area (Å²) in [7, 11) is -3.21. The zero-order valence-corrected chi connectivity index (χ0v) is 13.2. The molecule has 2 rings (SSSR count). The molecule has 20 heavy (non-hydrogen) atoms. The molecule has 0 saturated heterocycles. The molecule has 0 saturated carbocycles. The van der Waals surface area contributed by atoms with Crippen molar-refractivity contribution in [1.29, 1.82) is 0 Å². The Hall–Kier alpha value is -1.24. The van der Waals surface area contributed by atoms with Crippen LogP contribution >= 0.6 is 11.3 Å². The fraction of sp³-hybridized carbons (Fsp3) is 0.357. The molecule has 2 aromatic rings. The summed E-state index contributed by atoms with van der Waals surface area (Å²) in [6.07, 6.45) is 1.71. The van der Waals surface area contributed by atoms with Crippen LogP contribution in [0.5, 0.6) is 0 Å². The van der Waals surface area contributed by atoms with Crippen molar-refractivity contribution >= 4 is 21.4 Å². The van der Waals surface area contributed by atoms with Gasteiger partial charge in [0.25, 0.3) is 0 Å². The number of rotatable bonds is 6. The van der Waals surface area contributed by atoms with E-state index in [0.29, 0.717) is 6.54 Å². The number of nitrogens with zero attached hydrogens (tertiary/aromatic N) is 1. The molecule has 0 aliphatic heterocycles. The maximum atomic E-state index is 11.8. The second kappa shape index (κ2) is 6.47. The van der Waals surface area contributed by atoms with E-state index in [1.54, 1.807) is 17.5 Å². The SMILES string of the molecule is CC(C)CS(=O)(=O)NCc1ccnc(-c2ccsc2)c1. The molecule has 2 heterocycles. The van der Waals surface area contributed by atoms with E-state index < -0.39 is 10.0 Å². The van der Waals surface area contributed by atoms with Gasteiger partial charge in [-0.1, -0.05) is 13.8 Å². The van der Waals surface area contributed by atoms with Crippen molar-refractivity contribution in [3.8, 4) is 11.3 Å². The van der Waals surface area contributed by atoms with Crippen LogP contribution in [0.4, 0.5) is 0 Å². The minimum Gasteiger partial charge on any atom is -0.256 e. The average Bonchev–Trinajstić information content (AvgIpc) is 2.89. The number of pyridine rings is 1. The Morgan fingerprint density at radius 2 is 2.15 bits per heavy atom. The van der Waals surface area contributed by atoms with Crippen molar-refractivity contribution in [3.05, 3.63) is 40.7 Å². The van der Waals surface area contributed by atoms with Gasteiger partial charge in [-0.3, -0.25) is 4.98 Å². The van der Waals surface area contributed by atoms with Crippen LogP contribution < -0.4 is 4.72 Å². The van der Waals surface area contributed by atoms with Gasteiger partial charge in [0.05, 0.1) is 11.4 Å². The third-order valence-electron chi connectivity index (χ3n) is 2.69. The Labute approximate surface area is 123 Å². The third kappa shape index (κ3) is 4.40. The van der Waals surface area contributed by atoms with Gasteiger partial charge >= 0.3 is 0 Å². The first-order chi connectivity index (χ1) is 9.46. The molecule has 0 atom stereocenters. The van der Waals surface area contributed by atoms with Gasteiger partial charge in [0, 0.05) is 23.7 Å². The van der Waals surface area contributed by atoms with Crippen molar-refractivity contribution in [2.75, 3.05) is 5.75 Å². The molecule has 0 unspecified atom stereocenters. The van der Waals surface area contributed by atoms with Crippen LogP contribution in [0.3, 0.4) is 0 Å². The molecule has 6 heteroatoms. The maximum absolute atomic E-state index is 11.8. The van der Waals surface area contributed by atoms with Crippen LogP contribution in [0, 0.1) is 5.92 Å². The highest BCUT2D eigenvalue weighted by atomic mass is 32.2. The Balaban J connectivity index is 2.06. The summed E-state index contributed by atoms with van der Waals surface area (Å²) in [6.45, 7) is 4.08. The molecular weight excluding hydrogens is 292 g/mol. The molecule has 4 nitrogen and oxygen atoms in total. The molecule has 0 radical (unpaired) electrons. The third-order valence-corrected chi connectivity index (χ3v) is 5.06. The Kier molecular flexibility index (Phi) is 4.91. The van der Waals surface area contributed by atoms with E-state index in [-0.39, 0.29) is 11.7 Å². The van der Waals surface area contributed by atoms with E-state index in [2.05, 4.69) is 9.71 Å². The first-order valence-corrected chi connectivity index (χ1v) is 9.00. The molecule has 0 bridgehead atoms. The Morgan fingerprint density at radius 3 is 2.80 bits per heavy atom. The minimum absolute atomic E-state index is 0.117. The van der Waals surface area contributed by atoms with Crippen LogP contribution in [0.1, 0.15) is 19.4 Å². The summed E-state index contributed by atoms with van der Waals surface area (Å²) in [4.78, 5) is 4.30. The van der Waals surface area contributed by atoms with Crippen LogP contribution in [0.2, 0.25) is 0 Å². The van der Waals surface area contributed by atoms with Crippen molar-refractivity contribution < 1.29 is 8.42 Å². The number of sulfonamides is 1. The predicted molar refractivity (Wildman–Crippen MR) is 83.0 cm³/mol. The van der Waals surface area contributed by atoms with E-state index in [9.17, 15) is 8.42 Å². The topological polar surface area (TPSA) is 59.1 Å². The lowest BCUT2D eigenvalue weighted by atomic mass is 10.1. The lowest BCUT2D eigenvalue weighted by molar-refractivity contribution is 0.568. The number of hydrogen-bond acceptors (Lipinski definition) is 4. The van der Waals surface area contributed by atoms with Crippen LogP contribution in [-0.2, 0) is 16.6 Å². The normalized spacial score (nSPS) is 11.9. The second-order valence-electron chi connectivity index (χ2n) is 5.06. The van der Waals surface area contributed by atoms with Gasteiger partial charge in [-0.2, -0.15) is 11.3 Å². The van der Waals surface area contributed by atoms with Crippen molar-refractivity contribution in [3.63, 3.8) is 0 Å². The summed E-state index contributed by atoms with van der Waals surface area (Å²) >= 11 is 1.61. The van der Waals surface area contributed by atoms with Gasteiger partial charge in [-0.05, 0) is 35.1 Å². The predicted octanol–water partition coefficient (Wildman–Crippen LogP) is 2.89. The summed E-state index contributed by atoms with van der Waals surface area (Å²) in [5.74, 6) is 0.265. The van der Waals surface area contributed by atoms with Gasteiger partial charge in [-0.15, -0.1) is 0 Å². The van der Waals surface area contributed by atoms with Crippen molar-refractivity contribution in [1.82, 2.24) is 9.71 Å². The summed E-state index contributed by atoms with van der Waals surface area (Å²) < 4.78 is 26.2. The highest BCUT2D eigenvalue weighted by Gasteiger charge is 2.12. The quantitative estimate of drug-likeness (QED) is 0.892. The van der Waals surface area contributed by atoms with Crippen LogP contribution in [0.15, 0.2) is 35.2 Å². The highest BCUT2D eigenvalue weighted by Crippen LogP contribution is 2.20. The van der Waals surface area contributed by atoms with E-state index in [0.717, 1.165) is 16.8 Å². The average molecular weight is 310 g/mol. The van der Waals surface area contributed by atoms with Crippen LogP contribution in [0.25, 0.3) is 11.3 Å². The largest absolute Gasteiger partial charge is 0.256 e. The molecule has 0 spiro atoms. The zero-order chi connectivity index (χ0) is 14.6. The molecule has 0 amide bonds. The first kappa shape index (κ1) is 15.2. The Morgan fingerprint density at radius 1 is 1.35 bits per heavy atom. The minimum atomic E-state index is -3.21. The molecule has 0 aromatic carbocycles. The smallest absolute Gasteiger partial charge is 0.212 e. The van der Waals surface area contributed by atoms with Crippen molar-refractivity contribution in [2.45, 2.75) is 20.4 Å². The van der Waals surface area contributed by atoms with E-state index in [1.165, 1.54) is 0 Å². The van der Waals surface area contributed by atoms with Crippen molar-refractivity contribution in [2.24, 2.45) is 5.92 Å². The summed E-state index contributed by atoms with van der Waals surface area (Å²) in [5, 5.41) is 4.02. The van der Waals surface area contributed by atoms with Gasteiger partial charge < -0.3 is 0 Å². The van der Waals surface area contributed by atoms with Gasteiger partial charge in [-0.25, -0.2) is 13.1 Å². The highest BCUT2D eigenvalue weighted by molar-refractivity contribution is 7.89. The zero-order valence-electron chi connectivity index (χ0n) is 11.5. The number of aromatic nitrogens is 1. The fourth-order valence-electron chi connectivity index (χ4n) is 1.84. The van der Waals surface area contributed by atoms with Crippen LogP contribution in [-0.4, -0.2) is 19.2 Å². The molecule has 0 aliphatic rings. The number of thiophene rings is 1. The number of hydrogen-bond donors (Lipinski definition) is 1. The summed E-state index contributed by atoms with van der Waals surface area (Å²) in [5.41, 5.74) is 2.84. The van der Waals surface area contributed by atoms with E-state index in [1.807, 2.05) is 42.8 Å².